The number of carbonyl (C=O) groups is 1. The van der Waals surface area contributed by atoms with Crippen molar-refractivity contribution in [1.82, 2.24) is 9.88 Å². The molecule has 1 aromatic heterocycles. The van der Waals surface area contributed by atoms with E-state index in [1.54, 1.807) is 0 Å². The van der Waals surface area contributed by atoms with Crippen molar-refractivity contribution in [2.75, 3.05) is 31.1 Å². The molecule has 2 rings (SSSR count). The lowest BCUT2D eigenvalue weighted by Crippen LogP contribution is -2.52. The number of carboxylic acid groups (broad SMARTS) is 1. The van der Waals surface area contributed by atoms with Crippen LogP contribution in [0.5, 0.6) is 0 Å². The molecule has 1 saturated heterocycles. The van der Waals surface area contributed by atoms with Gasteiger partial charge in [0.25, 0.3) is 0 Å². The predicted molar refractivity (Wildman–Crippen MR) is 75.1 cm³/mol. The molecular formula is C13H18ClN3O2. The number of likely N-dealkylation sites (N-methyl/N-ethyl adjacent to an activating group) is 1. The highest BCUT2D eigenvalue weighted by Gasteiger charge is 2.26. The van der Waals surface area contributed by atoms with Gasteiger partial charge in [0.05, 0.1) is 10.6 Å². The fourth-order valence-electron chi connectivity index (χ4n) is 2.48. The molecule has 0 aliphatic carbocycles. The van der Waals surface area contributed by atoms with E-state index < -0.39 is 5.97 Å². The molecule has 1 atom stereocenters. The molecule has 0 bridgehead atoms. The van der Waals surface area contributed by atoms with Crippen LogP contribution in [0.2, 0.25) is 5.02 Å². The van der Waals surface area contributed by atoms with E-state index in [2.05, 4.69) is 28.6 Å². The first-order chi connectivity index (χ1) is 9.04. The average molecular weight is 284 g/mol. The van der Waals surface area contributed by atoms with Gasteiger partial charge in [-0.05, 0) is 19.5 Å². The van der Waals surface area contributed by atoms with Crippen molar-refractivity contribution in [3.63, 3.8) is 0 Å². The third-order valence-electron chi connectivity index (χ3n) is 3.57. The first kappa shape index (κ1) is 14.1. The molecule has 1 fully saturated rings. The lowest BCUT2D eigenvalue weighted by molar-refractivity contribution is 0.0697. The van der Waals surface area contributed by atoms with Crippen molar-refractivity contribution in [2.24, 2.45) is 0 Å². The van der Waals surface area contributed by atoms with Gasteiger partial charge in [0.15, 0.2) is 0 Å². The summed E-state index contributed by atoms with van der Waals surface area (Å²) < 4.78 is 0. The maximum atomic E-state index is 11.1. The van der Waals surface area contributed by atoms with Crippen LogP contribution in [0.4, 0.5) is 5.82 Å². The number of carboxylic acids is 1. The zero-order chi connectivity index (χ0) is 14.0. The number of halogens is 1. The van der Waals surface area contributed by atoms with E-state index in [1.165, 1.54) is 12.3 Å². The summed E-state index contributed by atoms with van der Waals surface area (Å²) in [5.74, 6) is -0.446. The number of piperazine rings is 1. The Kier molecular flexibility index (Phi) is 4.27. The maximum absolute atomic E-state index is 11.1. The summed E-state index contributed by atoms with van der Waals surface area (Å²) in [4.78, 5) is 19.8. The van der Waals surface area contributed by atoms with Gasteiger partial charge in [-0.15, -0.1) is 0 Å². The number of nitrogens with zero attached hydrogens (tertiary/aromatic N) is 3. The zero-order valence-corrected chi connectivity index (χ0v) is 11.9. The molecule has 19 heavy (non-hydrogen) atoms. The highest BCUT2D eigenvalue weighted by Crippen LogP contribution is 2.28. The number of aromatic nitrogens is 1. The highest BCUT2D eigenvalue weighted by molar-refractivity contribution is 6.35. The molecule has 1 aromatic rings. The Morgan fingerprint density at radius 3 is 2.89 bits per heavy atom. The minimum absolute atomic E-state index is 0.109. The average Bonchev–Trinajstić information content (AvgIpc) is 2.38. The van der Waals surface area contributed by atoms with Gasteiger partial charge >= 0.3 is 5.97 Å². The second kappa shape index (κ2) is 5.75. The van der Waals surface area contributed by atoms with Crippen LogP contribution in [0.25, 0.3) is 0 Å². The first-order valence-corrected chi connectivity index (χ1v) is 6.79. The number of pyridine rings is 1. The largest absolute Gasteiger partial charge is 0.478 e. The van der Waals surface area contributed by atoms with Crippen molar-refractivity contribution in [3.8, 4) is 0 Å². The van der Waals surface area contributed by atoms with E-state index in [0.717, 1.165) is 26.2 Å². The summed E-state index contributed by atoms with van der Waals surface area (Å²) in [6.07, 6.45) is 1.50. The molecule has 104 valence electrons. The monoisotopic (exact) mass is 283 g/mol. The highest BCUT2D eigenvalue weighted by atomic mass is 35.5. The fraction of sp³-hybridized carbons (Fsp3) is 0.538. The number of hydrogen-bond donors (Lipinski definition) is 1. The topological polar surface area (TPSA) is 56.7 Å². The van der Waals surface area contributed by atoms with Crippen LogP contribution in [0.15, 0.2) is 12.3 Å². The second-order valence-electron chi connectivity index (χ2n) is 4.72. The smallest absolute Gasteiger partial charge is 0.337 e. The van der Waals surface area contributed by atoms with E-state index in [4.69, 9.17) is 16.7 Å². The van der Waals surface area contributed by atoms with Crippen LogP contribution in [-0.4, -0.2) is 53.2 Å². The number of rotatable bonds is 3. The summed E-state index contributed by atoms with van der Waals surface area (Å²) in [6, 6.07) is 1.84. The molecule has 1 aliphatic rings. The van der Waals surface area contributed by atoms with Crippen LogP contribution in [0.3, 0.4) is 0 Å². The van der Waals surface area contributed by atoms with Gasteiger partial charge in [0.1, 0.15) is 5.82 Å². The van der Waals surface area contributed by atoms with Crippen LogP contribution >= 0.6 is 11.6 Å². The third kappa shape index (κ3) is 2.82. The quantitative estimate of drug-likeness (QED) is 0.919. The lowest BCUT2D eigenvalue weighted by atomic mass is 10.1. The Labute approximate surface area is 117 Å². The van der Waals surface area contributed by atoms with Crippen LogP contribution in [0.1, 0.15) is 24.2 Å². The number of hydrogen-bond acceptors (Lipinski definition) is 4. The van der Waals surface area contributed by atoms with Crippen molar-refractivity contribution < 1.29 is 9.90 Å². The molecule has 1 unspecified atom stereocenters. The molecule has 5 nitrogen and oxygen atoms in total. The molecule has 0 aromatic carbocycles. The van der Waals surface area contributed by atoms with Gasteiger partial charge in [0, 0.05) is 31.9 Å². The Balaban J connectivity index is 2.24. The van der Waals surface area contributed by atoms with Gasteiger partial charge in [0.2, 0.25) is 0 Å². The van der Waals surface area contributed by atoms with E-state index in [9.17, 15) is 4.79 Å². The second-order valence-corrected chi connectivity index (χ2v) is 5.10. The summed E-state index contributed by atoms with van der Waals surface area (Å²) >= 11 is 6.16. The van der Waals surface area contributed by atoms with Gasteiger partial charge in [-0.2, -0.15) is 0 Å². The molecule has 0 amide bonds. The molecule has 2 heterocycles. The van der Waals surface area contributed by atoms with Crippen LogP contribution in [0, 0.1) is 0 Å². The maximum Gasteiger partial charge on any atom is 0.337 e. The number of anilines is 1. The molecular weight excluding hydrogens is 266 g/mol. The van der Waals surface area contributed by atoms with E-state index in [-0.39, 0.29) is 10.6 Å². The molecule has 0 radical (unpaired) electrons. The molecule has 1 aliphatic heterocycles. The van der Waals surface area contributed by atoms with Crippen molar-refractivity contribution in [3.05, 3.63) is 22.8 Å². The molecule has 6 heteroatoms. The molecule has 0 spiro atoms. The lowest BCUT2D eigenvalue weighted by Gasteiger charge is -2.40. The first-order valence-electron chi connectivity index (χ1n) is 6.41. The predicted octanol–water partition coefficient (Wildman–Crippen LogP) is 1.96. The van der Waals surface area contributed by atoms with Crippen molar-refractivity contribution in [2.45, 2.75) is 19.9 Å². The third-order valence-corrected chi connectivity index (χ3v) is 3.94. The van der Waals surface area contributed by atoms with Gasteiger partial charge in [-0.1, -0.05) is 18.5 Å². The standard InChI is InChI=1S/C13H18ClN3O2/c1-3-16-6-7-17(8-9(16)2)12-11(14)10(13(18)19)4-5-15-12/h4-5,9H,3,6-8H2,1-2H3,(H,18,19). The summed E-state index contributed by atoms with van der Waals surface area (Å²) in [5.41, 5.74) is 0.109. The van der Waals surface area contributed by atoms with Gasteiger partial charge < -0.3 is 10.0 Å². The van der Waals surface area contributed by atoms with Crippen molar-refractivity contribution in [1.29, 1.82) is 0 Å². The minimum atomic E-state index is -1.02. The van der Waals surface area contributed by atoms with E-state index in [1.807, 2.05) is 0 Å². The molecule has 1 N–H and O–H groups in total. The Bertz CT molecular complexity index is 481. The van der Waals surface area contributed by atoms with Crippen LogP contribution < -0.4 is 4.90 Å². The Morgan fingerprint density at radius 1 is 1.58 bits per heavy atom. The normalized spacial score (nSPS) is 20.6. The minimum Gasteiger partial charge on any atom is -0.478 e. The summed E-state index contributed by atoms with van der Waals surface area (Å²) in [5, 5.41) is 9.31. The van der Waals surface area contributed by atoms with E-state index in [0.29, 0.717) is 11.9 Å². The zero-order valence-electron chi connectivity index (χ0n) is 11.1. The van der Waals surface area contributed by atoms with E-state index >= 15 is 0 Å². The summed E-state index contributed by atoms with van der Waals surface area (Å²) in [7, 11) is 0. The number of aromatic carboxylic acids is 1. The SMILES string of the molecule is CCN1CCN(c2nccc(C(=O)O)c2Cl)CC1C. The van der Waals surface area contributed by atoms with Gasteiger partial charge in [-0.25, -0.2) is 9.78 Å². The Morgan fingerprint density at radius 2 is 2.32 bits per heavy atom. The van der Waals surface area contributed by atoms with Crippen LogP contribution in [-0.2, 0) is 0 Å². The van der Waals surface area contributed by atoms with Gasteiger partial charge in [-0.3, -0.25) is 4.90 Å². The molecule has 0 saturated carbocycles. The fourth-order valence-corrected chi connectivity index (χ4v) is 2.79. The summed E-state index contributed by atoms with van der Waals surface area (Å²) in [6.45, 7) is 7.88. The Hall–Kier alpha value is -1.33. The van der Waals surface area contributed by atoms with Crippen molar-refractivity contribution >= 4 is 23.4 Å².